The standard InChI is InChI=1S/C16H19NO4S/c1-3-17(4-2)16(18)15-13(10-11-21-15)12-22(19,20)14-8-6-5-7-9-14/h5-11H,3-4,12H2,1-2H3. The van der Waals surface area contributed by atoms with Crippen LogP contribution >= 0.6 is 0 Å². The minimum atomic E-state index is -3.51. The molecule has 5 nitrogen and oxygen atoms in total. The van der Waals surface area contributed by atoms with Gasteiger partial charge < -0.3 is 9.32 Å². The van der Waals surface area contributed by atoms with Crippen LogP contribution in [0.4, 0.5) is 0 Å². The van der Waals surface area contributed by atoms with Gasteiger partial charge in [-0.3, -0.25) is 4.79 Å². The Labute approximate surface area is 130 Å². The predicted molar refractivity (Wildman–Crippen MR) is 83.3 cm³/mol. The number of nitrogens with zero attached hydrogens (tertiary/aromatic N) is 1. The summed E-state index contributed by atoms with van der Waals surface area (Å²) in [6, 6.07) is 9.72. The van der Waals surface area contributed by atoms with Gasteiger partial charge in [-0.25, -0.2) is 8.42 Å². The smallest absolute Gasteiger partial charge is 0.289 e. The fraction of sp³-hybridized carbons (Fsp3) is 0.312. The second-order valence-corrected chi connectivity index (χ2v) is 6.81. The van der Waals surface area contributed by atoms with Gasteiger partial charge >= 0.3 is 0 Å². The van der Waals surface area contributed by atoms with Crippen molar-refractivity contribution in [2.24, 2.45) is 0 Å². The molecule has 0 aliphatic rings. The van der Waals surface area contributed by atoms with Crippen molar-refractivity contribution < 1.29 is 17.6 Å². The minimum absolute atomic E-state index is 0.100. The molecule has 0 saturated carbocycles. The lowest BCUT2D eigenvalue weighted by atomic mass is 10.2. The molecule has 0 aliphatic heterocycles. The molecule has 0 aliphatic carbocycles. The van der Waals surface area contributed by atoms with E-state index in [1.165, 1.54) is 12.3 Å². The van der Waals surface area contributed by atoms with Crippen LogP contribution in [0.1, 0.15) is 30.0 Å². The first-order chi connectivity index (χ1) is 10.5. The Hall–Kier alpha value is -2.08. The largest absolute Gasteiger partial charge is 0.459 e. The van der Waals surface area contributed by atoms with Crippen molar-refractivity contribution in [3.05, 3.63) is 54.0 Å². The topological polar surface area (TPSA) is 67.6 Å². The van der Waals surface area contributed by atoms with Gasteiger partial charge in [0.1, 0.15) is 0 Å². The average molecular weight is 321 g/mol. The van der Waals surface area contributed by atoms with Gasteiger partial charge in [-0.1, -0.05) is 18.2 Å². The number of carbonyl (C=O) groups excluding carboxylic acids is 1. The molecule has 0 fully saturated rings. The molecule has 0 bridgehead atoms. The van der Waals surface area contributed by atoms with E-state index in [-0.39, 0.29) is 22.3 Å². The van der Waals surface area contributed by atoms with Gasteiger partial charge in [0.15, 0.2) is 15.6 Å². The molecule has 1 aromatic heterocycles. The molecule has 1 heterocycles. The zero-order chi connectivity index (χ0) is 16.2. The number of rotatable bonds is 6. The van der Waals surface area contributed by atoms with E-state index in [0.29, 0.717) is 18.7 Å². The molecule has 0 unspecified atom stereocenters. The molecule has 0 saturated heterocycles. The van der Waals surface area contributed by atoms with Crippen LogP contribution in [0.5, 0.6) is 0 Å². The molecule has 0 atom stereocenters. The monoisotopic (exact) mass is 321 g/mol. The van der Waals surface area contributed by atoms with Crippen LogP contribution in [0.2, 0.25) is 0 Å². The normalized spacial score (nSPS) is 11.4. The van der Waals surface area contributed by atoms with Crippen molar-refractivity contribution in [2.75, 3.05) is 13.1 Å². The molecular formula is C16H19NO4S. The average Bonchev–Trinajstić information content (AvgIpc) is 2.96. The summed E-state index contributed by atoms with van der Waals surface area (Å²) in [6.07, 6.45) is 1.35. The molecule has 0 radical (unpaired) electrons. The van der Waals surface area contributed by atoms with E-state index in [9.17, 15) is 13.2 Å². The van der Waals surface area contributed by atoms with Crippen LogP contribution in [0.3, 0.4) is 0 Å². The summed E-state index contributed by atoms with van der Waals surface area (Å²) in [5, 5.41) is 0. The summed E-state index contributed by atoms with van der Waals surface area (Å²) < 4.78 is 30.1. The number of carbonyl (C=O) groups is 1. The highest BCUT2D eigenvalue weighted by molar-refractivity contribution is 7.90. The van der Waals surface area contributed by atoms with Crippen molar-refractivity contribution >= 4 is 15.7 Å². The maximum atomic E-state index is 12.4. The molecule has 2 rings (SSSR count). The molecule has 2 aromatic rings. The Morgan fingerprint density at radius 3 is 2.32 bits per heavy atom. The lowest BCUT2D eigenvalue weighted by Gasteiger charge is -2.17. The molecule has 22 heavy (non-hydrogen) atoms. The number of amides is 1. The molecule has 0 N–H and O–H groups in total. The van der Waals surface area contributed by atoms with Gasteiger partial charge in [0, 0.05) is 18.7 Å². The second-order valence-electron chi connectivity index (χ2n) is 4.82. The highest BCUT2D eigenvalue weighted by Gasteiger charge is 2.24. The van der Waals surface area contributed by atoms with E-state index in [0.717, 1.165) is 0 Å². The fourth-order valence-corrected chi connectivity index (χ4v) is 3.58. The summed E-state index contributed by atoms with van der Waals surface area (Å²) in [5.41, 5.74) is 0.390. The van der Waals surface area contributed by atoms with E-state index in [1.54, 1.807) is 35.2 Å². The Bertz CT molecular complexity index is 731. The lowest BCUT2D eigenvalue weighted by Crippen LogP contribution is -2.31. The van der Waals surface area contributed by atoms with Crippen molar-refractivity contribution in [1.29, 1.82) is 0 Å². The lowest BCUT2D eigenvalue weighted by molar-refractivity contribution is 0.0740. The SMILES string of the molecule is CCN(CC)C(=O)c1occc1CS(=O)(=O)c1ccccc1. The number of furan rings is 1. The first kappa shape index (κ1) is 16.3. The first-order valence-corrected chi connectivity index (χ1v) is 8.78. The second kappa shape index (κ2) is 6.79. The number of sulfone groups is 1. The Kier molecular flexibility index (Phi) is 5.03. The van der Waals surface area contributed by atoms with E-state index in [4.69, 9.17) is 4.42 Å². The molecule has 1 aromatic carbocycles. The zero-order valence-electron chi connectivity index (χ0n) is 12.7. The Morgan fingerprint density at radius 2 is 1.73 bits per heavy atom. The highest BCUT2D eigenvalue weighted by atomic mass is 32.2. The van der Waals surface area contributed by atoms with Gasteiger partial charge in [0.25, 0.3) is 5.91 Å². The van der Waals surface area contributed by atoms with Gasteiger partial charge in [0.05, 0.1) is 16.9 Å². The van der Waals surface area contributed by atoms with E-state index in [1.807, 2.05) is 13.8 Å². The number of hydrogen-bond acceptors (Lipinski definition) is 4. The molecule has 118 valence electrons. The molecule has 1 amide bonds. The fourth-order valence-electron chi connectivity index (χ4n) is 2.21. The molecule has 0 spiro atoms. The van der Waals surface area contributed by atoms with Crippen molar-refractivity contribution in [3.8, 4) is 0 Å². The third kappa shape index (κ3) is 3.39. The third-order valence-corrected chi connectivity index (χ3v) is 5.12. The van der Waals surface area contributed by atoms with Gasteiger partial charge in [-0.05, 0) is 32.0 Å². The van der Waals surface area contributed by atoms with Crippen LogP contribution in [-0.2, 0) is 15.6 Å². The maximum Gasteiger partial charge on any atom is 0.289 e. The van der Waals surface area contributed by atoms with Crippen LogP contribution < -0.4 is 0 Å². The van der Waals surface area contributed by atoms with E-state index in [2.05, 4.69) is 0 Å². The van der Waals surface area contributed by atoms with Crippen LogP contribution in [0.15, 0.2) is 52.0 Å². The summed E-state index contributed by atoms with van der Waals surface area (Å²) >= 11 is 0. The summed E-state index contributed by atoms with van der Waals surface area (Å²) in [6.45, 7) is 4.82. The van der Waals surface area contributed by atoms with Crippen LogP contribution in [-0.4, -0.2) is 32.3 Å². The quantitative estimate of drug-likeness (QED) is 0.820. The Morgan fingerprint density at radius 1 is 1.09 bits per heavy atom. The van der Waals surface area contributed by atoms with Crippen LogP contribution in [0, 0.1) is 0 Å². The van der Waals surface area contributed by atoms with Gasteiger partial charge in [-0.15, -0.1) is 0 Å². The van der Waals surface area contributed by atoms with E-state index >= 15 is 0 Å². The predicted octanol–water partition coefficient (Wildman–Crippen LogP) is 2.74. The van der Waals surface area contributed by atoms with Crippen molar-refractivity contribution in [2.45, 2.75) is 24.5 Å². The number of hydrogen-bond donors (Lipinski definition) is 0. The van der Waals surface area contributed by atoms with Gasteiger partial charge in [-0.2, -0.15) is 0 Å². The minimum Gasteiger partial charge on any atom is -0.459 e. The summed E-state index contributed by atoms with van der Waals surface area (Å²) in [4.78, 5) is 14.2. The van der Waals surface area contributed by atoms with E-state index < -0.39 is 9.84 Å². The third-order valence-electron chi connectivity index (χ3n) is 3.44. The highest BCUT2D eigenvalue weighted by Crippen LogP contribution is 2.21. The first-order valence-electron chi connectivity index (χ1n) is 7.13. The zero-order valence-corrected chi connectivity index (χ0v) is 13.5. The Balaban J connectivity index is 2.29. The van der Waals surface area contributed by atoms with Crippen LogP contribution in [0.25, 0.3) is 0 Å². The molecular weight excluding hydrogens is 302 g/mol. The van der Waals surface area contributed by atoms with Crippen molar-refractivity contribution in [3.63, 3.8) is 0 Å². The summed E-state index contributed by atoms with van der Waals surface area (Å²) in [7, 11) is -3.51. The van der Waals surface area contributed by atoms with Crippen molar-refractivity contribution in [1.82, 2.24) is 4.90 Å². The van der Waals surface area contributed by atoms with Gasteiger partial charge in [0.2, 0.25) is 0 Å². The molecule has 6 heteroatoms. The number of benzene rings is 1. The maximum absolute atomic E-state index is 12.4. The summed E-state index contributed by atoms with van der Waals surface area (Å²) in [5.74, 6) is -0.438.